The second-order valence-electron chi connectivity index (χ2n) is 2.95. The van der Waals surface area contributed by atoms with Gasteiger partial charge in [0.05, 0.1) is 7.11 Å². The lowest BCUT2D eigenvalue weighted by molar-refractivity contribution is -0.136. The summed E-state index contributed by atoms with van der Waals surface area (Å²) < 4.78 is 44.5. The molecule has 0 spiro atoms. The SMILES string of the molecule is COC(=O)C1=CC=C(OC(F)=C(F)F)CC1. The average molecular weight is 234 g/mol. The first-order valence-corrected chi connectivity index (χ1v) is 4.41. The van der Waals surface area contributed by atoms with E-state index < -0.39 is 18.1 Å². The molecule has 1 aliphatic carbocycles. The number of hydrogen-bond donors (Lipinski definition) is 0. The molecule has 0 radical (unpaired) electrons. The van der Waals surface area contributed by atoms with Gasteiger partial charge in [-0.3, -0.25) is 0 Å². The summed E-state index contributed by atoms with van der Waals surface area (Å²) in [5.41, 5.74) is 0.389. The molecule has 0 aromatic carbocycles. The minimum atomic E-state index is -2.51. The molecule has 0 aromatic heterocycles. The number of esters is 1. The van der Waals surface area contributed by atoms with Crippen LogP contribution in [0.25, 0.3) is 0 Å². The molecule has 1 aliphatic rings. The van der Waals surface area contributed by atoms with Gasteiger partial charge in [0.1, 0.15) is 5.76 Å². The molecule has 0 saturated carbocycles. The summed E-state index contributed by atoms with van der Waals surface area (Å²) in [6.45, 7) is 0. The summed E-state index contributed by atoms with van der Waals surface area (Å²) in [6.07, 6.45) is 0.539. The van der Waals surface area contributed by atoms with Crippen LogP contribution in [0.5, 0.6) is 0 Å². The molecule has 0 amide bonds. The predicted octanol–water partition coefficient (Wildman–Crippen LogP) is 2.82. The molecule has 3 nitrogen and oxygen atoms in total. The Bertz CT molecular complexity index is 379. The van der Waals surface area contributed by atoms with Crippen molar-refractivity contribution in [2.45, 2.75) is 12.8 Å². The maximum atomic E-state index is 12.4. The van der Waals surface area contributed by atoms with Gasteiger partial charge >= 0.3 is 18.1 Å². The summed E-state index contributed by atoms with van der Waals surface area (Å²) >= 11 is 0. The van der Waals surface area contributed by atoms with Crippen LogP contribution in [0.2, 0.25) is 0 Å². The van der Waals surface area contributed by atoms with Crippen molar-refractivity contribution in [1.29, 1.82) is 0 Å². The quantitative estimate of drug-likeness (QED) is 0.556. The van der Waals surface area contributed by atoms with Crippen LogP contribution in [-0.4, -0.2) is 13.1 Å². The second-order valence-corrected chi connectivity index (χ2v) is 2.95. The van der Waals surface area contributed by atoms with Crippen LogP contribution in [0.1, 0.15) is 12.8 Å². The van der Waals surface area contributed by atoms with E-state index in [1.54, 1.807) is 0 Å². The number of ether oxygens (including phenoxy) is 2. The van der Waals surface area contributed by atoms with Crippen LogP contribution in [0.3, 0.4) is 0 Å². The van der Waals surface area contributed by atoms with Gasteiger partial charge < -0.3 is 9.47 Å². The first kappa shape index (κ1) is 12.4. The van der Waals surface area contributed by atoms with Crippen molar-refractivity contribution in [3.8, 4) is 0 Å². The van der Waals surface area contributed by atoms with Crippen molar-refractivity contribution in [2.24, 2.45) is 0 Å². The van der Waals surface area contributed by atoms with Gasteiger partial charge in [-0.15, -0.1) is 0 Å². The molecule has 0 aliphatic heterocycles. The van der Waals surface area contributed by atoms with Gasteiger partial charge in [0, 0.05) is 12.0 Å². The number of allylic oxidation sites excluding steroid dienone is 3. The fourth-order valence-corrected chi connectivity index (χ4v) is 1.16. The zero-order chi connectivity index (χ0) is 12.1. The maximum absolute atomic E-state index is 12.4. The molecule has 0 saturated heterocycles. The highest BCUT2D eigenvalue weighted by atomic mass is 19.3. The summed E-state index contributed by atoms with van der Waals surface area (Å²) in [4.78, 5) is 11.0. The molecule has 0 fully saturated rings. The number of carbonyl (C=O) groups excluding carboxylic acids is 1. The number of carbonyl (C=O) groups is 1. The molecule has 0 unspecified atom stereocenters. The zero-order valence-electron chi connectivity index (χ0n) is 8.43. The smallest absolute Gasteiger partial charge is 0.344 e. The van der Waals surface area contributed by atoms with Crippen molar-refractivity contribution in [1.82, 2.24) is 0 Å². The first-order valence-electron chi connectivity index (χ1n) is 4.41. The van der Waals surface area contributed by atoms with Gasteiger partial charge in [-0.1, -0.05) is 0 Å². The highest BCUT2D eigenvalue weighted by Gasteiger charge is 2.16. The number of hydrogen-bond acceptors (Lipinski definition) is 3. The minimum absolute atomic E-state index is 0.0398. The Kier molecular flexibility index (Phi) is 4.16. The highest BCUT2D eigenvalue weighted by Crippen LogP contribution is 2.24. The predicted molar refractivity (Wildman–Crippen MR) is 48.9 cm³/mol. The lowest BCUT2D eigenvalue weighted by Gasteiger charge is -2.12. The lowest BCUT2D eigenvalue weighted by Crippen LogP contribution is -2.08. The van der Waals surface area contributed by atoms with Crippen molar-refractivity contribution in [3.63, 3.8) is 0 Å². The van der Waals surface area contributed by atoms with Gasteiger partial charge in [0.25, 0.3) is 0 Å². The third-order valence-electron chi connectivity index (χ3n) is 1.93. The molecule has 0 aromatic rings. The Balaban J connectivity index is 2.68. The number of rotatable bonds is 3. The van der Waals surface area contributed by atoms with E-state index in [4.69, 9.17) is 0 Å². The summed E-state index contributed by atoms with van der Waals surface area (Å²) in [6, 6.07) is -1.92. The van der Waals surface area contributed by atoms with E-state index in [1.807, 2.05) is 0 Å². The summed E-state index contributed by atoms with van der Waals surface area (Å²) in [5.74, 6) is -0.457. The molecule has 6 heteroatoms. The topological polar surface area (TPSA) is 35.5 Å². The van der Waals surface area contributed by atoms with Crippen LogP contribution in [0.4, 0.5) is 13.2 Å². The van der Waals surface area contributed by atoms with Crippen LogP contribution >= 0.6 is 0 Å². The van der Waals surface area contributed by atoms with Crippen molar-refractivity contribution in [3.05, 3.63) is 35.6 Å². The van der Waals surface area contributed by atoms with E-state index in [0.29, 0.717) is 5.57 Å². The Morgan fingerprint density at radius 2 is 1.94 bits per heavy atom. The van der Waals surface area contributed by atoms with Crippen molar-refractivity contribution < 1.29 is 27.4 Å². The van der Waals surface area contributed by atoms with E-state index in [2.05, 4.69) is 9.47 Å². The van der Waals surface area contributed by atoms with Gasteiger partial charge in [0.2, 0.25) is 0 Å². The third kappa shape index (κ3) is 3.15. The lowest BCUT2D eigenvalue weighted by atomic mass is 10.0. The normalized spacial score (nSPS) is 14.8. The monoisotopic (exact) mass is 234 g/mol. The minimum Gasteiger partial charge on any atom is -0.466 e. The Morgan fingerprint density at radius 3 is 2.38 bits per heavy atom. The molecule has 0 N–H and O–H groups in total. The zero-order valence-corrected chi connectivity index (χ0v) is 8.43. The molecule has 16 heavy (non-hydrogen) atoms. The maximum Gasteiger partial charge on any atom is 0.344 e. The third-order valence-corrected chi connectivity index (χ3v) is 1.93. The van der Waals surface area contributed by atoms with Crippen LogP contribution in [-0.2, 0) is 14.3 Å². The van der Waals surface area contributed by atoms with Gasteiger partial charge in [-0.25, -0.2) is 4.79 Å². The Labute approximate surface area is 89.8 Å². The first-order chi connectivity index (χ1) is 7.54. The molecule has 0 atom stereocenters. The summed E-state index contributed by atoms with van der Waals surface area (Å²) in [7, 11) is 1.24. The van der Waals surface area contributed by atoms with E-state index in [0.717, 1.165) is 0 Å². The van der Waals surface area contributed by atoms with Crippen LogP contribution in [0.15, 0.2) is 35.6 Å². The Hall–Kier alpha value is -1.72. The second kappa shape index (κ2) is 5.39. The molecule has 88 valence electrons. The van der Waals surface area contributed by atoms with E-state index in [1.165, 1.54) is 19.3 Å². The fraction of sp³-hybridized carbons (Fsp3) is 0.300. The summed E-state index contributed by atoms with van der Waals surface area (Å²) in [5, 5.41) is 0. The standard InChI is InChI=1S/C10H9F3O3/c1-15-10(14)6-2-4-7(5-3-6)16-9(13)8(11)12/h2,4H,3,5H2,1H3. The Morgan fingerprint density at radius 1 is 1.25 bits per heavy atom. The molecular weight excluding hydrogens is 225 g/mol. The van der Waals surface area contributed by atoms with Crippen LogP contribution < -0.4 is 0 Å². The van der Waals surface area contributed by atoms with Crippen molar-refractivity contribution in [2.75, 3.05) is 7.11 Å². The van der Waals surface area contributed by atoms with E-state index in [9.17, 15) is 18.0 Å². The average Bonchev–Trinajstić information content (AvgIpc) is 2.28. The largest absolute Gasteiger partial charge is 0.466 e. The number of methoxy groups -OCH3 is 1. The van der Waals surface area contributed by atoms with E-state index >= 15 is 0 Å². The van der Waals surface area contributed by atoms with Gasteiger partial charge in [-0.05, 0) is 18.6 Å². The van der Waals surface area contributed by atoms with Crippen LogP contribution in [0, 0.1) is 0 Å². The fourth-order valence-electron chi connectivity index (χ4n) is 1.16. The molecule has 1 rings (SSSR count). The molecular formula is C10H9F3O3. The molecule has 0 heterocycles. The van der Waals surface area contributed by atoms with Gasteiger partial charge in [0.15, 0.2) is 0 Å². The van der Waals surface area contributed by atoms with Crippen molar-refractivity contribution >= 4 is 5.97 Å². The number of halogens is 3. The highest BCUT2D eigenvalue weighted by molar-refractivity contribution is 5.89. The molecule has 0 bridgehead atoms. The van der Waals surface area contributed by atoms with Gasteiger partial charge in [-0.2, -0.15) is 13.2 Å². The van der Waals surface area contributed by atoms with E-state index in [-0.39, 0.29) is 18.6 Å².